The van der Waals surface area contributed by atoms with Crippen molar-refractivity contribution in [2.24, 2.45) is 0 Å². The summed E-state index contributed by atoms with van der Waals surface area (Å²) in [6.07, 6.45) is 10.8. The molecule has 0 bridgehead atoms. The quantitative estimate of drug-likeness (QED) is 0.700. The van der Waals surface area contributed by atoms with Crippen LogP contribution < -0.4 is 14.8 Å². The molecule has 2 unspecified atom stereocenters. The lowest BCUT2D eigenvalue weighted by atomic mass is 10.00. The molecule has 8 heteroatoms. The number of sulfonamides is 1. The number of carbonyl (C=O) groups excluding carboxylic acids is 1. The van der Waals surface area contributed by atoms with Crippen LogP contribution in [0, 0.1) is 0 Å². The zero-order valence-electron chi connectivity index (χ0n) is 18.4. The van der Waals surface area contributed by atoms with Crippen LogP contribution in [0.4, 0.5) is 0 Å². The molecule has 1 aliphatic carbocycles. The number of rotatable bonds is 6. The van der Waals surface area contributed by atoms with E-state index in [1.807, 2.05) is 6.92 Å². The van der Waals surface area contributed by atoms with Gasteiger partial charge < -0.3 is 15.0 Å². The summed E-state index contributed by atoms with van der Waals surface area (Å²) in [5, 5.41) is 3.15. The number of likely N-dealkylation sites (tertiary alicyclic amines) is 1. The molecule has 2 N–H and O–H groups in total. The van der Waals surface area contributed by atoms with Crippen LogP contribution in [-0.4, -0.2) is 51.5 Å². The summed E-state index contributed by atoms with van der Waals surface area (Å²) in [5.41, 5.74) is 2.49. The molecule has 1 aromatic rings. The van der Waals surface area contributed by atoms with Crippen LogP contribution in [0.2, 0.25) is 0 Å². The number of allylic oxidation sites excluding steroid dienone is 2. The molecular formula is C23H33N3O4S. The molecule has 170 valence electrons. The molecule has 2 atom stereocenters. The van der Waals surface area contributed by atoms with Crippen LogP contribution in [0.3, 0.4) is 0 Å². The van der Waals surface area contributed by atoms with Gasteiger partial charge in [0.05, 0.1) is 17.1 Å². The summed E-state index contributed by atoms with van der Waals surface area (Å²) in [5.74, 6) is 0.243. The third-order valence-corrected chi connectivity index (χ3v) is 8.06. The van der Waals surface area contributed by atoms with Crippen molar-refractivity contribution in [2.75, 3.05) is 20.2 Å². The molecule has 1 amide bonds. The second kappa shape index (κ2) is 9.20. The zero-order valence-corrected chi connectivity index (χ0v) is 19.3. The van der Waals surface area contributed by atoms with Gasteiger partial charge in [0.25, 0.3) is 5.91 Å². The van der Waals surface area contributed by atoms with Crippen LogP contribution in [0.25, 0.3) is 0 Å². The molecule has 0 saturated carbocycles. The van der Waals surface area contributed by atoms with E-state index in [-0.39, 0.29) is 22.9 Å². The minimum absolute atomic E-state index is 0.0540. The smallest absolute Gasteiger partial charge is 0.255 e. The first kappa shape index (κ1) is 22.1. The van der Waals surface area contributed by atoms with Gasteiger partial charge in [0.1, 0.15) is 5.75 Å². The maximum Gasteiger partial charge on any atom is 0.255 e. The van der Waals surface area contributed by atoms with E-state index in [4.69, 9.17) is 4.74 Å². The standard InChI is InChI=1S/C23H33N3O4S/c1-16(21-11-6-12-26(21)18-9-4-3-5-10-18)25-23(27)20-15-19(31(28,29)24-2)14-17-8-7-13-30-22(17)20/h9,14-16,21,24H,3-8,10-13H2,1-2H3,(H,25,27). The molecule has 0 aromatic heterocycles. The van der Waals surface area contributed by atoms with Gasteiger partial charge in [-0.3, -0.25) is 4.79 Å². The first-order valence-electron chi connectivity index (χ1n) is 11.4. The van der Waals surface area contributed by atoms with Crippen LogP contribution >= 0.6 is 0 Å². The number of benzene rings is 1. The maximum absolute atomic E-state index is 13.3. The molecule has 0 radical (unpaired) electrons. The van der Waals surface area contributed by atoms with Gasteiger partial charge in [-0.1, -0.05) is 6.08 Å². The van der Waals surface area contributed by atoms with Crippen LogP contribution in [0.1, 0.15) is 67.8 Å². The van der Waals surface area contributed by atoms with E-state index in [0.717, 1.165) is 44.2 Å². The van der Waals surface area contributed by atoms with E-state index in [9.17, 15) is 13.2 Å². The molecule has 2 aliphatic heterocycles. The maximum atomic E-state index is 13.3. The third-order valence-electron chi connectivity index (χ3n) is 6.67. The minimum atomic E-state index is -3.66. The van der Waals surface area contributed by atoms with Crippen molar-refractivity contribution in [3.05, 3.63) is 35.0 Å². The van der Waals surface area contributed by atoms with Crippen LogP contribution in [0.15, 0.2) is 28.8 Å². The first-order chi connectivity index (χ1) is 14.9. The third kappa shape index (κ3) is 4.60. The highest BCUT2D eigenvalue weighted by molar-refractivity contribution is 7.89. The normalized spacial score (nSPS) is 22.3. The van der Waals surface area contributed by atoms with Gasteiger partial charge in [-0.25, -0.2) is 13.1 Å². The van der Waals surface area contributed by atoms with Crippen LogP contribution in [0.5, 0.6) is 5.75 Å². The van der Waals surface area contributed by atoms with Crippen molar-refractivity contribution < 1.29 is 17.9 Å². The molecule has 3 aliphatic rings. The molecule has 2 heterocycles. The monoisotopic (exact) mass is 447 g/mol. The van der Waals surface area contributed by atoms with Crippen molar-refractivity contribution in [1.82, 2.24) is 14.9 Å². The zero-order chi connectivity index (χ0) is 22.0. The lowest BCUT2D eigenvalue weighted by molar-refractivity contribution is 0.0914. The number of amides is 1. The largest absolute Gasteiger partial charge is 0.492 e. The number of ether oxygens (including phenoxy) is 1. The predicted molar refractivity (Wildman–Crippen MR) is 120 cm³/mol. The lowest BCUT2D eigenvalue weighted by Gasteiger charge is -2.35. The van der Waals surface area contributed by atoms with Gasteiger partial charge >= 0.3 is 0 Å². The SMILES string of the molecule is CNS(=O)(=O)c1cc2c(c(C(=O)NC(C)C3CCCN3C3=CCCCC3)c1)OCCC2. The number of fused-ring (bicyclic) bond motifs is 1. The summed E-state index contributed by atoms with van der Waals surface area (Å²) in [4.78, 5) is 15.9. The van der Waals surface area contributed by atoms with Crippen molar-refractivity contribution >= 4 is 15.9 Å². The first-order valence-corrected chi connectivity index (χ1v) is 12.9. The Kier molecular flexibility index (Phi) is 6.57. The Morgan fingerprint density at radius 3 is 2.77 bits per heavy atom. The van der Waals surface area contributed by atoms with Gasteiger partial charge in [-0.2, -0.15) is 0 Å². The summed E-state index contributed by atoms with van der Waals surface area (Å²) < 4.78 is 33.0. The second-order valence-electron chi connectivity index (χ2n) is 8.73. The Morgan fingerprint density at radius 2 is 2.03 bits per heavy atom. The number of aryl methyl sites for hydroxylation is 1. The number of hydrogen-bond acceptors (Lipinski definition) is 5. The van der Waals surface area contributed by atoms with E-state index in [1.54, 1.807) is 6.07 Å². The summed E-state index contributed by atoms with van der Waals surface area (Å²) >= 11 is 0. The van der Waals surface area contributed by atoms with Gasteiger partial charge in [0.2, 0.25) is 10.0 Å². The molecular weight excluding hydrogens is 414 g/mol. The lowest BCUT2D eigenvalue weighted by Crippen LogP contribution is -2.47. The van der Waals surface area contributed by atoms with Crippen LogP contribution in [-0.2, 0) is 16.4 Å². The minimum Gasteiger partial charge on any atom is -0.492 e. The molecule has 31 heavy (non-hydrogen) atoms. The Balaban J connectivity index is 1.58. The summed E-state index contributed by atoms with van der Waals surface area (Å²) in [6, 6.07) is 3.26. The van der Waals surface area contributed by atoms with Gasteiger partial charge in [0, 0.05) is 24.3 Å². The molecule has 1 fully saturated rings. The van der Waals surface area contributed by atoms with Gasteiger partial charge in [0.15, 0.2) is 0 Å². The molecule has 1 aromatic carbocycles. The molecule has 7 nitrogen and oxygen atoms in total. The Bertz CT molecular complexity index is 973. The van der Waals surface area contributed by atoms with E-state index in [2.05, 4.69) is 21.0 Å². The average molecular weight is 448 g/mol. The van der Waals surface area contributed by atoms with Crippen molar-refractivity contribution in [1.29, 1.82) is 0 Å². The van der Waals surface area contributed by atoms with E-state index >= 15 is 0 Å². The van der Waals surface area contributed by atoms with E-state index < -0.39 is 10.0 Å². The fourth-order valence-corrected chi connectivity index (χ4v) is 5.83. The number of nitrogens with zero attached hydrogens (tertiary/aromatic N) is 1. The van der Waals surface area contributed by atoms with E-state index in [0.29, 0.717) is 24.3 Å². The highest BCUT2D eigenvalue weighted by Crippen LogP contribution is 2.33. The number of nitrogens with one attached hydrogen (secondary N) is 2. The molecule has 4 rings (SSSR count). The Hall–Kier alpha value is -2.06. The van der Waals surface area contributed by atoms with Crippen molar-refractivity contribution in [3.63, 3.8) is 0 Å². The average Bonchev–Trinajstić information content (AvgIpc) is 3.29. The van der Waals surface area contributed by atoms with Gasteiger partial charge in [-0.15, -0.1) is 0 Å². The highest BCUT2D eigenvalue weighted by Gasteiger charge is 2.33. The Morgan fingerprint density at radius 1 is 1.19 bits per heavy atom. The fraction of sp³-hybridized carbons (Fsp3) is 0.609. The molecule has 0 spiro atoms. The number of hydrogen-bond donors (Lipinski definition) is 2. The van der Waals surface area contributed by atoms with Crippen molar-refractivity contribution in [3.8, 4) is 5.75 Å². The predicted octanol–water partition coefficient (Wildman–Crippen LogP) is 2.96. The molecule has 1 saturated heterocycles. The highest BCUT2D eigenvalue weighted by atomic mass is 32.2. The summed E-state index contributed by atoms with van der Waals surface area (Å²) in [6.45, 7) is 3.61. The topological polar surface area (TPSA) is 87.7 Å². The second-order valence-corrected chi connectivity index (χ2v) is 10.6. The number of carbonyl (C=O) groups is 1. The van der Waals surface area contributed by atoms with Crippen molar-refractivity contribution in [2.45, 2.75) is 75.3 Å². The van der Waals surface area contributed by atoms with Gasteiger partial charge in [-0.05, 0) is 83.0 Å². The summed E-state index contributed by atoms with van der Waals surface area (Å²) in [7, 11) is -2.28. The van der Waals surface area contributed by atoms with E-state index in [1.165, 1.54) is 31.7 Å². The fourth-order valence-electron chi connectivity index (χ4n) is 5.03. The Labute approximate surface area is 185 Å².